The van der Waals surface area contributed by atoms with Crippen molar-refractivity contribution in [2.75, 3.05) is 5.73 Å². The predicted molar refractivity (Wildman–Crippen MR) is 58.6 cm³/mol. The van der Waals surface area contributed by atoms with Crippen LogP contribution in [0.15, 0.2) is 0 Å². The molecule has 1 aliphatic rings. The Morgan fingerprint density at radius 3 is 2.87 bits per heavy atom. The summed E-state index contributed by atoms with van der Waals surface area (Å²) in [6.45, 7) is 1.93. The van der Waals surface area contributed by atoms with E-state index in [9.17, 15) is 0 Å². The summed E-state index contributed by atoms with van der Waals surface area (Å²) in [6, 6.07) is 0. The van der Waals surface area contributed by atoms with Crippen LogP contribution < -0.4 is 5.73 Å². The fourth-order valence-electron chi connectivity index (χ4n) is 1.58. The summed E-state index contributed by atoms with van der Waals surface area (Å²) < 4.78 is 4.19. The summed E-state index contributed by atoms with van der Waals surface area (Å²) in [7, 11) is 0. The molecular weight excluding hydrogens is 210 g/mol. The molecule has 0 unspecified atom stereocenters. The minimum absolute atomic E-state index is 0.583. The van der Waals surface area contributed by atoms with Crippen LogP contribution in [0.2, 0.25) is 0 Å². The standard InChI is InChI=1S/C9H11N5S/c1-4-6(7(10)15-14-4)9-11-8(12-13-9)5-2-3-5/h5H,2-3,10H2,1H3,(H,11,12,13). The summed E-state index contributed by atoms with van der Waals surface area (Å²) in [6.07, 6.45) is 2.43. The predicted octanol–water partition coefficient (Wildman–Crippen LogP) is 1.70. The van der Waals surface area contributed by atoms with E-state index in [-0.39, 0.29) is 0 Å². The van der Waals surface area contributed by atoms with E-state index >= 15 is 0 Å². The van der Waals surface area contributed by atoms with Crippen molar-refractivity contribution < 1.29 is 0 Å². The summed E-state index contributed by atoms with van der Waals surface area (Å²) in [5.74, 6) is 2.25. The molecule has 0 radical (unpaired) electrons. The number of rotatable bonds is 2. The SMILES string of the molecule is Cc1nsc(N)c1-c1n[nH]c(C2CC2)n1. The lowest BCUT2D eigenvalue weighted by atomic mass is 10.2. The van der Waals surface area contributed by atoms with Gasteiger partial charge in [0.25, 0.3) is 0 Å². The van der Waals surface area contributed by atoms with Gasteiger partial charge in [-0.05, 0) is 31.3 Å². The second-order valence-corrected chi connectivity index (χ2v) is 4.63. The monoisotopic (exact) mass is 221 g/mol. The minimum atomic E-state index is 0.583. The molecule has 3 rings (SSSR count). The Morgan fingerprint density at radius 2 is 2.27 bits per heavy atom. The molecule has 0 amide bonds. The van der Waals surface area contributed by atoms with Gasteiger partial charge in [0.1, 0.15) is 10.8 Å². The van der Waals surface area contributed by atoms with Crippen molar-refractivity contribution in [3.63, 3.8) is 0 Å². The highest BCUT2D eigenvalue weighted by atomic mass is 32.1. The summed E-state index contributed by atoms with van der Waals surface area (Å²) in [5.41, 5.74) is 7.62. The number of hydrogen-bond donors (Lipinski definition) is 2. The molecule has 0 saturated heterocycles. The molecule has 5 nitrogen and oxygen atoms in total. The molecule has 15 heavy (non-hydrogen) atoms. The van der Waals surface area contributed by atoms with Crippen LogP contribution in [0.3, 0.4) is 0 Å². The zero-order valence-electron chi connectivity index (χ0n) is 8.32. The van der Waals surface area contributed by atoms with Gasteiger partial charge in [-0.2, -0.15) is 9.47 Å². The first-order valence-corrected chi connectivity index (χ1v) is 5.67. The quantitative estimate of drug-likeness (QED) is 0.808. The van der Waals surface area contributed by atoms with E-state index < -0.39 is 0 Å². The third kappa shape index (κ3) is 1.41. The topological polar surface area (TPSA) is 80.5 Å². The van der Waals surface area contributed by atoms with Gasteiger partial charge in [0.2, 0.25) is 0 Å². The first-order chi connectivity index (χ1) is 7.25. The average molecular weight is 221 g/mol. The van der Waals surface area contributed by atoms with Crippen LogP contribution in [0.1, 0.15) is 30.3 Å². The molecule has 0 aromatic carbocycles. The van der Waals surface area contributed by atoms with Gasteiger partial charge in [-0.25, -0.2) is 4.98 Å². The summed E-state index contributed by atoms with van der Waals surface area (Å²) in [4.78, 5) is 4.46. The van der Waals surface area contributed by atoms with Gasteiger partial charge in [0.15, 0.2) is 5.82 Å². The van der Waals surface area contributed by atoms with E-state index in [0.29, 0.717) is 16.7 Å². The first kappa shape index (κ1) is 8.84. The smallest absolute Gasteiger partial charge is 0.186 e. The van der Waals surface area contributed by atoms with E-state index in [4.69, 9.17) is 5.73 Å². The van der Waals surface area contributed by atoms with Crippen LogP contribution in [0, 0.1) is 6.92 Å². The number of H-pyrrole nitrogens is 1. The molecule has 2 aromatic rings. The normalized spacial score (nSPS) is 15.8. The van der Waals surface area contributed by atoms with Crippen molar-refractivity contribution in [3.05, 3.63) is 11.5 Å². The Bertz CT molecular complexity index is 477. The second kappa shape index (κ2) is 3.03. The van der Waals surface area contributed by atoms with Crippen LogP contribution in [0.25, 0.3) is 11.4 Å². The van der Waals surface area contributed by atoms with Crippen LogP contribution in [-0.2, 0) is 0 Å². The van der Waals surface area contributed by atoms with E-state index in [1.165, 1.54) is 24.4 Å². The highest BCUT2D eigenvalue weighted by molar-refractivity contribution is 7.10. The molecule has 2 aromatic heterocycles. The van der Waals surface area contributed by atoms with Gasteiger partial charge in [0.05, 0.1) is 11.3 Å². The Kier molecular flexibility index (Phi) is 1.79. The molecule has 1 saturated carbocycles. The van der Waals surface area contributed by atoms with Crippen LogP contribution >= 0.6 is 11.5 Å². The van der Waals surface area contributed by atoms with Crippen molar-refractivity contribution in [3.8, 4) is 11.4 Å². The van der Waals surface area contributed by atoms with E-state index in [2.05, 4.69) is 19.6 Å². The van der Waals surface area contributed by atoms with Crippen molar-refractivity contribution in [1.29, 1.82) is 0 Å². The van der Waals surface area contributed by atoms with Gasteiger partial charge in [0, 0.05) is 5.92 Å². The molecule has 0 aliphatic heterocycles. The maximum absolute atomic E-state index is 5.84. The van der Waals surface area contributed by atoms with Crippen LogP contribution in [0.5, 0.6) is 0 Å². The molecule has 78 valence electrons. The Labute approximate surface area is 90.9 Å². The largest absolute Gasteiger partial charge is 0.389 e. The zero-order chi connectivity index (χ0) is 10.4. The number of aryl methyl sites for hydroxylation is 1. The lowest BCUT2D eigenvalue weighted by molar-refractivity contribution is 0.935. The molecule has 6 heteroatoms. The zero-order valence-corrected chi connectivity index (χ0v) is 9.14. The number of aromatic amines is 1. The molecule has 1 aliphatic carbocycles. The van der Waals surface area contributed by atoms with Crippen molar-refractivity contribution >= 4 is 16.5 Å². The summed E-state index contributed by atoms with van der Waals surface area (Å²) in [5, 5.41) is 7.85. The van der Waals surface area contributed by atoms with Crippen LogP contribution in [0.4, 0.5) is 5.00 Å². The van der Waals surface area contributed by atoms with E-state index in [0.717, 1.165) is 17.1 Å². The average Bonchev–Trinajstić information content (AvgIpc) is 2.87. The number of nitrogens with two attached hydrogens (primary N) is 1. The first-order valence-electron chi connectivity index (χ1n) is 4.90. The maximum atomic E-state index is 5.84. The van der Waals surface area contributed by atoms with Gasteiger partial charge in [-0.3, -0.25) is 5.10 Å². The lowest BCUT2D eigenvalue weighted by Crippen LogP contribution is -1.88. The molecule has 3 N–H and O–H groups in total. The molecular formula is C9H11N5S. The Hall–Kier alpha value is -1.43. The Morgan fingerprint density at radius 1 is 1.47 bits per heavy atom. The number of nitrogens with one attached hydrogen (secondary N) is 1. The highest BCUT2D eigenvalue weighted by Gasteiger charge is 2.28. The second-order valence-electron chi connectivity index (χ2n) is 3.83. The van der Waals surface area contributed by atoms with Crippen molar-refractivity contribution in [1.82, 2.24) is 19.6 Å². The van der Waals surface area contributed by atoms with Gasteiger partial charge < -0.3 is 5.73 Å². The molecule has 0 spiro atoms. The van der Waals surface area contributed by atoms with Gasteiger partial charge in [-0.15, -0.1) is 0 Å². The number of anilines is 1. The molecule has 1 fully saturated rings. The number of hydrogen-bond acceptors (Lipinski definition) is 5. The number of nitrogens with zero attached hydrogens (tertiary/aromatic N) is 3. The Balaban J connectivity index is 2.04. The molecule has 0 bridgehead atoms. The van der Waals surface area contributed by atoms with Gasteiger partial charge in [-0.1, -0.05) is 0 Å². The summed E-state index contributed by atoms with van der Waals surface area (Å²) >= 11 is 1.29. The number of nitrogen functional groups attached to an aromatic ring is 1. The van der Waals surface area contributed by atoms with Crippen molar-refractivity contribution in [2.24, 2.45) is 0 Å². The van der Waals surface area contributed by atoms with E-state index in [1.54, 1.807) is 0 Å². The number of aromatic nitrogens is 4. The maximum Gasteiger partial charge on any atom is 0.186 e. The fraction of sp³-hybridized carbons (Fsp3) is 0.444. The highest BCUT2D eigenvalue weighted by Crippen LogP contribution is 2.39. The fourth-order valence-corrected chi connectivity index (χ4v) is 2.24. The molecule has 2 heterocycles. The van der Waals surface area contributed by atoms with Crippen molar-refractivity contribution in [2.45, 2.75) is 25.7 Å². The van der Waals surface area contributed by atoms with Gasteiger partial charge >= 0.3 is 0 Å². The third-order valence-electron chi connectivity index (χ3n) is 2.58. The van der Waals surface area contributed by atoms with Crippen LogP contribution in [-0.4, -0.2) is 19.6 Å². The molecule has 0 atom stereocenters. The van der Waals surface area contributed by atoms with E-state index in [1.807, 2.05) is 6.92 Å². The third-order valence-corrected chi connectivity index (χ3v) is 3.35. The minimum Gasteiger partial charge on any atom is -0.389 e. The lowest BCUT2D eigenvalue weighted by Gasteiger charge is -1.92.